The van der Waals surface area contributed by atoms with Crippen LogP contribution in [0.15, 0.2) is 53.4 Å². The summed E-state index contributed by atoms with van der Waals surface area (Å²) in [5, 5.41) is 0.136. The number of halogens is 1. The molecule has 0 aliphatic carbocycles. The number of sulfonamides is 1. The predicted molar refractivity (Wildman–Crippen MR) is 80.2 cm³/mol. The normalized spacial score (nSPS) is 11.2. The highest BCUT2D eigenvalue weighted by Gasteiger charge is 2.28. The fourth-order valence-electron chi connectivity index (χ4n) is 1.69. The van der Waals surface area contributed by atoms with Crippen LogP contribution in [-0.4, -0.2) is 18.7 Å². The van der Waals surface area contributed by atoms with E-state index in [2.05, 4.69) is 0 Å². The Balaban J connectivity index is 2.39. The fraction of sp³-hybridized carbons (Fsp3) is 0.0714. The summed E-state index contributed by atoms with van der Waals surface area (Å²) >= 11 is 5.88. The molecule has 0 aliphatic heterocycles. The molecule has 2 N–H and O–H groups in total. The largest absolute Gasteiger partial charge is 0.283 e. The lowest BCUT2D eigenvalue weighted by atomic mass is 10.2. The molecule has 0 aliphatic rings. The molecule has 0 fully saturated rings. The van der Waals surface area contributed by atoms with Crippen molar-refractivity contribution in [2.45, 2.75) is 11.8 Å². The van der Waals surface area contributed by atoms with E-state index in [4.69, 9.17) is 17.4 Å². The van der Waals surface area contributed by atoms with Crippen LogP contribution >= 0.6 is 11.6 Å². The van der Waals surface area contributed by atoms with Crippen LogP contribution in [0.3, 0.4) is 0 Å². The number of hydrogen-bond donors (Lipinski definition) is 1. The highest BCUT2D eigenvalue weighted by molar-refractivity contribution is 7.89. The summed E-state index contributed by atoms with van der Waals surface area (Å²) in [5.41, 5.74) is 0.923. The number of carbonyl (C=O) groups excluding carboxylic acids is 1. The average molecular weight is 325 g/mol. The zero-order valence-corrected chi connectivity index (χ0v) is 12.7. The first-order valence-corrected chi connectivity index (χ1v) is 7.81. The second-order valence-corrected chi connectivity index (χ2v) is 6.62. The van der Waals surface area contributed by atoms with E-state index in [1.54, 1.807) is 24.3 Å². The molecule has 0 bridgehead atoms. The van der Waals surface area contributed by atoms with Crippen molar-refractivity contribution in [2.24, 2.45) is 5.84 Å². The third kappa shape index (κ3) is 3.07. The number of amides is 1. The van der Waals surface area contributed by atoms with Crippen LogP contribution in [0.5, 0.6) is 0 Å². The summed E-state index contributed by atoms with van der Waals surface area (Å²) in [4.78, 5) is 12.1. The number of nitrogens with two attached hydrogens (primary N) is 1. The smallest absolute Gasteiger partial charge is 0.266 e. The number of carbonyl (C=O) groups is 1. The Morgan fingerprint density at radius 2 is 1.67 bits per heavy atom. The number of hydrogen-bond acceptors (Lipinski definition) is 4. The summed E-state index contributed by atoms with van der Waals surface area (Å²) in [5.74, 6) is 4.62. The molecule has 0 saturated heterocycles. The lowest BCUT2D eigenvalue weighted by Crippen LogP contribution is -2.42. The fourth-order valence-corrected chi connectivity index (χ4v) is 2.93. The molecular weight excluding hydrogens is 312 g/mol. The van der Waals surface area contributed by atoms with E-state index < -0.39 is 15.9 Å². The molecule has 21 heavy (non-hydrogen) atoms. The maximum atomic E-state index is 12.3. The van der Waals surface area contributed by atoms with Gasteiger partial charge in [0.25, 0.3) is 15.9 Å². The first-order valence-electron chi connectivity index (χ1n) is 5.99. The van der Waals surface area contributed by atoms with Gasteiger partial charge in [0.15, 0.2) is 0 Å². The number of rotatable bonds is 3. The van der Waals surface area contributed by atoms with Crippen molar-refractivity contribution in [3.63, 3.8) is 0 Å². The van der Waals surface area contributed by atoms with Gasteiger partial charge in [-0.3, -0.25) is 4.79 Å². The first-order chi connectivity index (χ1) is 9.84. The van der Waals surface area contributed by atoms with Crippen LogP contribution in [0, 0.1) is 6.92 Å². The molecule has 0 aromatic heterocycles. The molecule has 0 heterocycles. The van der Waals surface area contributed by atoms with Crippen molar-refractivity contribution < 1.29 is 13.2 Å². The summed E-state index contributed by atoms with van der Waals surface area (Å²) in [6.45, 7) is 1.82. The predicted octanol–water partition coefficient (Wildman–Crippen LogP) is 2.35. The quantitative estimate of drug-likeness (QED) is 0.534. The van der Waals surface area contributed by atoms with Crippen LogP contribution in [0.1, 0.15) is 15.9 Å². The Labute approximate surface area is 128 Å². The molecular formula is C14H13ClN2O3S. The van der Waals surface area contributed by atoms with E-state index in [0.29, 0.717) is 0 Å². The Hall–Kier alpha value is -1.89. The van der Waals surface area contributed by atoms with Gasteiger partial charge in [-0.2, -0.15) is 12.8 Å². The lowest BCUT2D eigenvalue weighted by Gasteiger charge is -2.17. The maximum Gasteiger partial charge on any atom is 0.283 e. The Morgan fingerprint density at radius 1 is 1.10 bits per heavy atom. The molecule has 110 valence electrons. The third-order valence-corrected chi connectivity index (χ3v) is 4.76. The Bertz CT molecular complexity index is 773. The van der Waals surface area contributed by atoms with Gasteiger partial charge < -0.3 is 0 Å². The third-order valence-electron chi connectivity index (χ3n) is 2.88. The van der Waals surface area contributed by atoms with Gasteiger partial charge in [0.1, 0.15) is 0 Å². The summed E-state index contributed by atoms with van der Waals surface area (Å²) in [6, 6.07) is 12.1. The molecule has 0 radical (unpaired) electrons. The summed E-state index contributed by atoms with van der Waals surface area (Å²) < 4.78 is 24.8. The Morgan fingerprint density at radius 3 is 2.24 bits per heavy atom. The summed E-state index contributed by atoms with van der Waals surface area (Å²) in [6.07, 6.45) is 0. The number of hydrazine groups is 1. The maximum absolute atomic E-state index is 12.3. The van der Waals surface area contributed by atoms with Gasteiger partial charge in [-0.05, 0) is 31.2 Å². The Kier molecular flexibility index (Phi) is 4.32. The van der Waals surface area contributed by atoms with E-state index >= 15 is 0 Å². The van der Waals surface area contributed by atoms with Gasteiger partial charge in [-0.1, -0.05) is 41.4 Å². The van der Waals surface area contributed by atoms with Crippen molar-refractivity contribution in [3.8, 4) is 0 Å². The van der Waals surface area contributed by atoms with Gasteiger partial charge in [0.2, 0.25) is 0 Å². The SMILES string of the molecule is Cc1ccc(S(=O)(=O)N(N)C(=O)c2ccccc2Cl)cc1. The number of benzene rings is 2. The van der Waals surface area contributed by atoms with E-state index in [9.17, 15) is 13.2 Å². The van der Waals surface area contributed by atoms with E-state index in [1.165, 1.54) is 24.3 Å². The molecule has 2 aromatic rings. The van der Waals surface area contributed by atoms with Crippen molar-refractivity contribution >= 4 is 27.5 Å². The monoisotopic (exact) mass is 324 g/mol. The van der Waals surface area contributed by atoms with Gasteiger partial charge in [0.05, 0.1) is 15.5 Å². The van der Waals surface area contributed by atoms with Crippen LogP contribution in [-0.2, 0) is 10.0 Å². The molecule has 2 rings (SSSR count). The van der Waals surface area contributed by atoms with Crippen LogP contribution in [0.2, 0.25) is 5.02 Å². The zero-order valence-electron chi connectivity index (χ0n) is 11.2. The number of nitrogens with zero attached hydrogens (tertiary/aromatic N) is 1. The molecule has 0 spiro atoms. The van der Waals surface area contributed by atoms with Crippen molar-refractivity contribution in [1.29, 1.82) is 0 Å². The van der Waals surface area contributed by atoms with Crippen LogP contribution in [0.4, 0.5) is 0 Å². The molecule has 0 saturated carbocycles. The van der Waals surface area contributed by atoms with Crippen LogP contribution in [0.25, 0.3) is 0 Å². The van der Waals surface area contributed by atoms with Crippen molar-refractivity contribution in [3.05, 3.63) is 64.7 Å². The van der Waals surface area contributed by atoms with Gasteiger partial charge >= 0.3 is 0 Å². The molecule has 7 heteroatoms. The number of aryl methyl sites for hydroxylation is 1. The van der Waals surface area contributed by atoms with E-state index in [-0.39, 0.29) is 19.9 Å². The minimum atomic E-state index is -4.12. The second kappa shape index (κ2) is 5.85. The van der Waals surface area contributed by atoms with E-state index in [1.807, 2.05) is 6.92 Å². The van der Waals surface area contributed by atoms with Gasteiger partial charge in [-0.15, -0.1) is 0 Å². The average Bonchev–Trinajstić information content (AvgIpc) is 2.46. The lowest BCUT2D eigenvalue weighted by molar-refractivity contribution is 0.0861. The highest BCUT2D eigenvalue weighted by atomic mass is 35.5. The zero-order chi connectivity index (χ0) is 15.6. The van der Waals surface area contributed by atoms with Crippen LogP contribution < -0.4 is 5.84 Å². The van der Waals surface area contributed by atoms with Crippen molar-refractivity contribution in [1.82, 2.24) is 4.41 Å². The van der Waals surface area contributed by atoms with E-state index in [0.717, 1.165) is 5.56 Å². The minimum absolute atomic E-state index is 0.0253. The minimum Gasteiger partial charge on any atom is -0.266 e. The first kappa shape index (κ1) is 15.5. The molecule has 0 unspecified atom stereocenters. The standard InChI is InChI=1S/C14H13ClN2O3S/c1-10-6-8-11(9-7-10)21(19,20)17(16)14(18)12-4-2-3-5-13(12)15/h2-9H,16H2,1H3. The summed E-state index contributed by atoms with van der Waals surface area (Å²) in [7, 11) is -4.12. The molecule has 5 nitrogen and oxygen atoms in total. The topological polar surface area (TPSA) is 80.5 Å². The second-order valence-electron chi connectivity index (χ2n) is 4.40. The highest BCUT2D eigenvalue weighted by Crippen LogP contribution is 2.20. The van der Waals surface area contributed by atoms with Crippen molar-refractivity contribution in [2.75, 3.05) is 0 Å². The van der Waals surface area contributed by atoms with Gasteiger partial charge in [-0.25, -0.2) is 5.84 Å². The van der Waals surface area contributed by atoms with Gasteiger partial charge in [0, 0.05) is 0 Å². The molecule has 2 aromatic carbocycles. The molecule has 1 amide bonds. The molecule has 0 atom stereocenters.